The SMILES string of the molecule is C#Cc1c(F)ccc2cc(O)cc(C3=Cc4nc(OC[C@]5(C(C)(C)C#N)C[C@@H](F)CN5C5CCOCC5)nc(N5CCCCC(NC(=O)C=C)C5)c4CC3)c12. The summed E-state index contributed by atoms with van der Waals surface area (Å²) in [4.78, 5) is 26.7. The molecule has 2 aromatic carbocycles. The Morgan fingerprint density at radius 2 is 2.02 bits per heavy atom. The standard InChI is InChI=1S/C43H48F2N6O4/c1-5-33-36(45)13-11-28-19-32(52)21-35(39(28)33)27-10-12-34-37(20-27)48-41(49-40(34)50-16-8-7-9-30(24-50)47-38(53)6-2)55-26-43(42(3,4)25-46)22-29(44)23-51(43)31-14-17-54-18-15-31/h1,6,11,13,19-21,29-31,52H,2,7-10,12,14-18,22-24,26H2,3-4H3,(H,47,53)/t29-,30?,43+/m1/s1. The molecule has 1 amide bonds. The second-order valence-electron chi connectivity index (χ2n) is 15.7. The first kappa shape index (κ1) is 38.2. The van der Waals surface area contributed by atoms with Gasteiger partial charge in [0.25, 0.3) is 0 Å². The Bertz CT molecular complexity index is 2100. The van der Waals surface area contributed by atoms with Gasteiger partial charge in [-0.2, -0.15) is 15.2 Å². The minimum absolute atomic E-state index is 0.0137. The number of ether oxygens (including phenoxy) is 2. The summed E-state index contributed by atoms with van der Waals surface area (Å²) in [6.07, 6.45) is 13.1. The first-order chi connectivity index (χ1) is 26.5. The molecule has 0 radical (unpaired) electrons. The number of allylic oxidation sites excluding steroid dienone is 1. The Kier molecular flexibility index (Phi) is 10.8. The summed E-state index contributed by atoms with van der Waals surface area (Å²) < 4.78 is 42.9. The quantitative estimate of drug-likeness (QED) is 0.187. The first-order valence-corrected chi connectivity index (χ1v) is 19.2. The van der Waals surface area contributed by atoms with Crippen LogP contribution in [0.3, 0.4) is 0 Å². The second kappa shape index (κ2) is 15.6. The van der Waals surface area contributed by atoms with E-state index in [9.17, 15) is 15.2 Å². The summed E-state index contributed by atoms with van der Waals surface area (Å²) in [5.74, 6) is 2.44. The molecule has 0 saturated carbocycles. The van der Waals surface area contributed by atoms with E-state index in [1.807, 2.05) is 19.9 Å². The van der Waals surface area contributed by atoms with Gasteiger partial charge in [0.05, 0.1) is 28.3 Å². The number of terminal acetylenes is 1. The van der Waals surface area contributed by atoms with E-state index >= 15 is 8.78 Å². The van der Waals surface area contributed by atoms with Crippen molar-refractivity contribution in [2.24, 2.45) is 5.41 Å². The zero-order valence-electron chi connectivity index (χ0n) is 31.5. The Balaban J connectivity index is 1.33. The smallest absolute Gasteiger partial charge is 0.318 e. The lowest BCUT2D eigenvalue weighted by Crippen LogP contribution is -2.61. The number of aromatic nitrogens is 2. The molecular formula is C43H48F2N6O4. The Hall–Kier alpha value is -5.04. The molecule has 1 aliphatic carbocycles. The van der Waals surface area contributed by atoms with Crippen LogP contribution in [0.4, 0.5) is 14.6 Å². The van der Waals surface area contributed by atoms with Gasteiger partial charge in [-0.1, -0.05) is 18.6 Å². The molecule has 2 N–H and O–H groups in total. The van der Waals surface area contributed by atoms with Crippen LogP contribution in [-0.4, -0.2) is 89.1 Å². The van der Waals surface area contributed by atoms with E-state index in [4.69, 9.17) is 25.9 Å². The Morgan fingerprint density at radius 1 is 1.22 bits per heavy atom. The molecule has 0 bridgehead atoms. The Labute approximate surface area is 321 Å². The topological polar surface area (TPSA) is 124 Å². The van der Waals surface area contributed by atoms with Crippen LogP contribution < -0.4 is 15.0 Å². The molecule has 4 heterocycles. The summed E-state index contributed by atoms with van der Waals surface area (Å²) in [5, 5.41) is 25.5. The third kappa shape index (κ3) is 7.38. The van der Waals surface area contributed by atoms with Crippen LogP contribution in [-0.2, 0) is 16.0 Å². The van der Waals surface area contributed by atoms with Gasteiger partial charge >= 0.3 is 6.01 Å². The molecule has 288 valence electrons. The highest BCUT2D eigenvalue weighted by atomic mass is 19.1. The number of nitrogens with one attached hydrogen (secondary N) is 1. The van der Waals surface area contributed by atoms with Gasteiger partial charge in [0.2, 0.25) is 5.91 Å². The lowest BCUT2D eigenvalue weighted by molar-refractivity contribution is -0.117. The van der Waals surface area contributed by atoms with Crippen molar-refractivity contribution < 1.29 is 28.2 Å². The van der Waals surface area contributed by atoms with E-state index in [1.54, 1.807) is 18.2 Å². The molecule has 1 unspecified atom stereocenters. The van der Waals surface area contributed by atoms with Crippen LogP contribution in [0.1, 0.15) is 81.2 Å². The fourth-order valence-electron chi connectivity index (χ4n) is 9.05. The van der Waals surface area contributed by atoms with Crippen LogP contribution >= 0.6 is 0 Å². The third-order valence-corrected chi connectivity index (χ3v) is 12.0. The molecule has 3 fully saturated rings. The number of anilines is 1. The highest BCUT2D eigenvalue weighted by molar-refractivity contribution is 6.02. The molecule has 0 spiro atoms. The van der Waals surface area contributed by atoms with Gasteiger partial charge in [-0.25, -0.2) is 8.78 Å². The molecular weight excluding hydrogens is 703 g/mol. The van der Waals surface area contributed by atoms with Crippen LogP contribution in [0, 0.1) is 34.9 Å². The predicted octanol–water partition coefficient (Wildman–Crippen LogP) is 6.49. The number of hydrogen-bond acceptors (Lipinski definition) is 9. The maximum atomic E-state index is 15.6. The number of phenolic OH excluding ortho intramolecular Hbond substituents is 1. The van der Waals surface area contributed by atoms with Gasteiger partial charge in [-0.05, 0) is 106 Å². The highest BCUT2D eigenvalue weighted by Crippen LogP contribution is 2.47. The summed E-state index contributed by atoms with van der Waals surface area (Å²) in [5.41, 5.74) is 1.06. The number of amides is 1. The number of alkyl halides is 1. The molecule has 10 nitrogen and oxygen atoms in total. The van der Waals surface area contributed by atoms with Gasteiger partial charge in [0.1, 0.15) is 30.2 Å². The van der Waals surface area contributed by atoms with Crippen molar-refractivity contribution in [1.82, 2.24) is 20.2 Å². The zero-order chi connectivity index (χ0) is 38.9. The van der Waals surface area contributed by atoms with Crippen LogP contribution in [0.15, 0.2) is 36.9 Å². The minimum atomic E-state index is -1.14. The predicted molar refractivity (Wildman–Crippen MR) is 208 cm³/mol. The monoisotopic (exact) mass is 750 g/mol. The van der Waals surface area contributed by atoms with Gasteiger partial charge in [-0.15, -0.1) is 6.42 Å². The first-order valence-electron chi connectivity index (χ1n) is 19.2. The average molecular weight is 751 g/mol. The van der Waals surface area contributed by atoms with Gasteiger partial charge in [0, 0.05) is 62.3 Å². The van der Waals surface area contributed by atoms with Crippen LogP contribution in [0.5, 0.6) is 11.8 Å². The van der Waals surface area contributed by atoms with Crippen molar-refractivity contribution in [3.63, 3.8) is 0 Å². The molecule has 4 aliphatic rings. The van der Waals surface area contributed by atoms with E-state index in [0.717, 1.165) is 43.2 Å². The molecule has 1 aromatic heterocycles. The van der Waals surface area contributed by atoms with E-state index < -0.39 is 22.9 Å². The van der Waals surface area contributed by atoms with Crippen molar-refractivity contribution in [2.45, 2.75) is 89.0 Å². The zero-order valence-corrected chi connectivity index (χ0v) is 31.5. The van der Waals surface area contributed by atoms with E-state index in [-0.39, 0.29) is 54.9 Å². The number of phenols is 1. The lowest BCUT2D eigenvalue weighted by atomic mass is 9.71. The molecule has 7 rings (SSSR count). The van der Waals surface area contributed by atoms with E-state index in [2.05, 4.69) is 33.7 Å². The Morgan fingerprint density at radius 3 is 2.76 bits per heavy atom. The summed E-state index contributed by atoms with van der Waals surface area (Å²) >= 11 is 0. The summed E-state index contributed by atoms with van der Waals surface area (Å²) in [6, 6.07) is 8.53. The number of carbonyl (C=O) groups excluding carboxylic acids is 1. The second-order valence-corrected chi connectivity index (χ2v) is 15.7. The number of nitrogens with zero attached hydrogens (tertiary/aromatic N) is 5. The average Bonchev–Trinajstić information content (AvgIpc) is 3.38. The lowest BCUT2D eigenvalue weighted by Gasteiger charge is -2.49. The van der Waals surface area contributed by atoms with Crippen molar-refractivity contribution in [3.05, 3.63) is 65.1 Å². The highest BCUT2D eigenvalue weighted by Gasteiger charge is 2.58. The molecule has 55 heavy (non-hydrogen) atoms. The summed E-state index contributed by atoms with van der Waals surface area (Å²) in [7, 11) is 0. The molecule has 12 heteroatoms. The van der Waals surface area contributed by atoms with Gasteiger partial charge in [-0.3, -0.25) is 9.69 Å². The van der Waals surface area contributed by atoms with Gasteiger partial charge < -0.3 is 24.8 Å². The third-order valence-electron chi connectivity index (χ3n) is 12.0. The minimum Gasteiger partial charge on any atom is -0.508 e. The number of benzene rings is 2. The number of aromatic hydroxyl groups is 1. The van der Waals surface area contributed by atoms with Crippen LogP contribution in [0.25, 0.3) is 22.4 Å². The van der Waals surface area contributed by atoms with E-state index in [0.29, 0.717) is 67.0 Å². The molecule has 3 saturated heterocycles. The maximum absolute atomic E-state index is 15.6. The van der Waals surface area contributed by atoms with Crippen molar-refractivity contribution >= 4 is 34.1 Å². The number of fused-ring (bicyclic) bond motifs is 2. The number of nitriles is 1. The van der Waals surface area contributed by atoms with Crippen molar-refractivity contribution in [3.8, 4) is 30.2 Å². The molecule has 3 aliphatic heterocycles. The number of hydrogen-bond donors (Lipinski definition) is 2. The van der Waals surface area contributed by atoms with E-state index in [1.165, 1.54) is 12.1 Å². The maximum Gasteiger partial charge on any atom is 0.318 e. The molecule has 3 aromatic rings. The van der Waals surface area contributed by atoms with Crippen molar-refractivity contribution in [2.75, 3.05) is 44.4 Å². The molecule has 3 atom stereocenters. The van der Waals surface area contributed by atoms with Crippen LogP contribution in [0.2, 0.25) is 0 Å². The normalized spacial score (nSPS) is 23.6. The number of rotatable bonds is 9. The fraction of sp³-hybridized carbons (Fsp3) is 0.488. The van der Waals surface area contributed by atoms with Gasteiger partial charge in [0.15, 0.2) is 0 Å². The van der Waals surface area contributed by atoms with Crippen molar-refractivity contribution in [1.29, 1.82) is 5.26 Å². The largest absolute Gasteiger partial charge is 0.508 e. The summed E-state index contributed by atoms with van der Waals surface area (Å²) in [6.45, 7) is 9.83. The number of halogens is 2. The number of likely N-dealkylation sites (tertiary alicyclic amines) is 1. The number of carbonyl (C=O) groups is 1. The fourth-order valence-corrected chi connectivity index (χ4v) is 9.05.